The number of amides is 4. The van der Waals surface area contributed by atoms with Gasteiger partial charge in [-0.1, -0.05) is 37.3 Å². The molecule has 3 atom stereocenters. The Hall–Kier alpha value is -6.36. The van der Waals surface area contributed by atoms with Crippen molar-refractivity contribution in [1.82, 2.24) is 20.4 Å². The number of anilines is 3. The van der Waals surface area contributed by atoms with Gasteiger partial charge in [0.2, 0.25) is 17.7 Å². The topological polar surface area (TPSA) is 261 Å². The number of hydrogen-bond donors (Lipinski definition) is 8. The van der Waals surface area contributed by atoms with Gasteiger partial charge in [0.15, 0.2) is 5.82 Å². The number of aliphatic carboxylic acids is 2. The minimum absolute atomic E-state index is 0.0500. The molecule has 1 unspecified atom stereocenters. The predicted octanol–water partition coefficient (Wildman–Crippen LogP) is 4.09. The van der Waals surface area contributed by atoms with Crippen molar-refractivity contribution in [3.8, 4) is 11.1 Å². The van der Waals surface area contributed by atoms with Crippen LogP contribution in [0.25, 0.3) is 22.0 Å². The predicted molar refractivity (Wildman–Crippen MR) is 199 cm³/mol. The number of nitrogens with zero attached hydrogens (tertiary/aromatic N) is 2. The number of nitrogens with two attached hydrogens (primary N) is 2. The van der Waals surface area contributed by atoms with Gasteiger partial charge in [-0.3, -0.25) is 19.2 Å². The Kier molecular flexibility index (Phi) is 12.7. The Balaban J connectivity index is 1.40. The molecule has 4 aromatic rings. The van der Waals surface area contributed by atoms with E-state index in [1.165, 1.54) is 16.8 Å². The molecular formula is C37H43FN8O8. The second kappa shape index (κ2) is 17.0. The average Bonchev–Trinajstić information content (AvgIpc) is 3.43. The molecule has 0 bridgehead atoms. The first-order chi connectivity index (χ1) is 25.3. The van der Waals surface area contributed by atoms with Crippen LogP contribution in [-0.2, 0) is 19.2 Å². The summed E-state index contributed by atoms with van der Waals surface area (Å²) in [6.45, 7) is 6.82. The molecule has 3 aromatic carbocycles. The Labute approximate surface area is 309 Å². The number of halogens is 1. The summed E-state index contributed by atoms with van der Waals surface area (Å²) in [5, 5.41) is 33.0. The Morgan fingerprint density at radius 3 is 2.31 bits per heavy atom. The highest BCUT2D eigenvalue weighted by molar-refractivity contribution is 6.06. The smallest absolute Gasteiger partial charge is 0.326 e. The highest BCUT2D eigenvalue weighted by atomic mass is 19.1. The lowest BCUT2D eigenvalue weighted by Gasteiger charge is -2.29. The molecule has 0 aliphatic rings. The maximum absolute atomic E-state index is 14.1. The maximum Gasteiger partial charge on any atom is 0.326 e. The van der Waals surface area contributed by atoms with E-state index >= 15 is 0 Å². The highest BCUT2D eigenvalue weighted by Gasteiger charge is 2.31. The minimum atomic E-state index is -1.49. The van der Waals surface area contributed by atoms with Gasteiger partial charge in [-0.15, -0.1) is 5.10 Å². The van der Waals surface area contributed by atoms with E-state index in [0.29, 0.717) is 22.2 Å². The number of nitrogen functional groups attached to an aromatic ring is 1. The third-order valence-electron chi connectivity index (χ3n) is 8.49. The van der Waals surface area contributed by atoms with Crippen LogP contribution in [-0.4, -0.2) is 73.3 Å². The van der Waals surface area contributed by atoms with Crippen LogP contribution in [0.5, 0.6) is 0 Å². The van der Waals surface area contributed by atoms with Gasteiger partial charge in [0.05, 0.1) is 29.1 Å². The fourth-order valence-corrected chi connectivity index (χ4v) is 6.00. The standard InChI is InChI=1S/C37H43FN8O8/c1-19-8-13-24(38)27(16-19)43-36(54)41-22-11-9-21(10-12-22)23-6-5-7-28-31(23)32(40)45-46(28)34(51)20(2)18-37(3,4)44-29(47)17-25(39)33(50)42-26(35(52)53)14-15-30(48)49/h5-13,16,20,25-26H,14-15,17-18,39H2,1-4H3,(H2,40,45)(H,42,50)(H,44,47)(H,48,49)(H,52,53)(H2,41,43,54)/t20?,25-,26-/m0/s1. The van der Waals surface area contributed by atoms with Crippen molar-refractivity contribution in [1.29, 1.82) is 0 Å². The van der Waals surface area contributed by atoms with Crippen molar-refractivity contribution in [2.45, 2.75) is 71.0 Å². The number of urea groups is 1. The molecule has 0 saturated heterocycles. The number of carboxylic acid groups (broad SMARTS) is 2. The molecule has 16 nitrogen and oxygen atoms in total. The number of fused-ring (bicyclic) bond motifs is 1. The Morgan fingerprint density at radius 1 is 0.981 bits per heavy atom. The fraction of sp³-hybridized carbons (Fsp3) is 0.324. The molecule has 0 spiro atoms. The number of hydrogen-bond acceptors (Lipinski definition) is 9. The van der Waals surface area contributed by atoms with Crippen LogP contribution >= 0.6 is 0 Å². The molecule has 4 amide bonds. The number of nitrogens with one attached hydrogen (secondary N) is 4. The van der Waals surface area contributed by atoms with Crippen LogP contribution in [0.15, 0.2) is 60.7 Å². The van der Waals surface area contributed by atoms with E-state index in [0.717, 1.165) is 11.1 Å². The first-order valence-electron chi connectivity index (χ1n) is 16.9. The van der Waals surface area contributed by atoms with Gasteiger partial charge < -0.3 is 42.9 Å². The summed E-state index contributed by atoms with van der Waals surface area (Å²) < 4.78 is 15.3. The lowest BCUT2D eigenvalue weighted by molar-refractivity contribution is -0.143. The molecule has 0 aliphatic carbocycles. The van der Waals surface area contributed by atoms with E-state index in [9.17, 15) is 38.3 Å². The van der Waals surface area contributed by atoms with Crippen molar-refractivity contribution in [3.63, 3.8) is 0 Å². The van der Waals surface area contributed by atoms with E-state index < -0.39 is 77.9 Å². The molecule has 1 aromatic heterocycles. The molecular weight excluding hydrogens is 703 g/mol. The largest absolute Gasteiger partial charge is 0.481 e. The summed E-state index contributed by atoms with van der Waals surface area (Å²) in [4.78, 5) is 73.7. The van der Waals surface area contributed by atoms with Crippen molar-refractivity contribution in [2.24, 2.45) is 11.7 Å². The maximum atomic E-state index is 14.1. The van der Waals surface area contributed by atoms with Crippen molar-refractivity contribution >= 4 is 63.8 Å². The number of carbonyl (C=O) groups excluding carboxylic acids is 4. The first kappa shape index (κ1) is 40.4. The lowest BCUT2D eigenvalue weighted by atomic mass is 9.90. The zero-order valence-corrected chi connectivity index (χ0v) is 30.1. The fourth-order valence-electron chi connectivity index (χ4n) is 6.00. The second-order valence-electron chi connectivity index (χ2n) is 13.7. The SMILES string of the molecule is Cc1ccc(F)c(NC(=O)Nc2ccc(-c3cccc4c3c(N)nn4C(=O)C(C)CC(C)(C)NC(=O)C[C@H](N)C(=O)N[C@@H](CCC(=O)O)C(=O)O)cc2)c1. The summed E-state index contributed by atoms with van der Waals surface area (Å²) in [7, 11) is 0. The van der Waals surface area contributed by atoms with Gasteiger partial charge in [-0.2, -0.15) is 4.68 Å². The number of rotatable bonds is 15. The van der Waals surface area contributed by atoms with E-state index in [1.54, 1.807) is 70.2 Å². The van der Waals surface area contributed by atoms with Crippen molar-refractivity contribution in [3.05, 3.63) is 72.0 Å². The molecule has 10 N–H and O–H groups in total. The number of aromatic nitrogens is 2. The van der Waals surface area contributed by atoms with E-state index in [1.807, 2.05) is 6.07 Å². The molecule has 286 valence electrons. The van der Waals surface area contributed by atoms with Gasteiger partial charge in [-0.05, 0) is 80.6 Å². The molecule has 54 heavy (non-hydrogen) atoms. The molecule has 17 heteroatoms. The molecule has 4 rings (SSSR count). The zero-order valence-electron chi connectivity index (χ0n) is 30.1. The zero-order chi connectivity index (χ0) is 39.9. The highest BCUT2D eigenvalue weighted by Crippen LogP contribution is 2.34. The van der Waals surface area contributed by atoms with Gasteiger partial charge in [0.25, 0.3) is 0 Å². The molecule has 0 radical (unpaired) electrons. The Bertz CT molecular complexity index is 2080. The summed E-state index contributed by atoms with van der Waals surface area (Å²) in [6.07, 6.45) is -1.20. The molecule has 0 saturated carbocycles. The third-order valence-corrected chi connectivity index (χ3v) is 8.49. The summed E-state index contributed by atoms with van der Waals surface area (Å²) in [5.74, 6) is -5.76. The van der Waals surface area contributed by atoms with Crippen LogP contribution in [0.2, 0.25) is 0 Å². The lowest BCUT2D eigenvalue weighted by Crippen LogP contribution is -2.52. The van der Waals surface area contributed by atoms with E-state index in [2.05, 4.69) is 26.4 Å². The second-order valence-corrected chi connectivity index (χ2v) is 13.7. The third kappa shape index (κ3) is 10.4. The van der Waals surface area contributed by atoms with Gasteiger partial charge >= 0.3 is 18.0 Å². The van der Waals surface area contributed by atoms with Crippen LogP contribution in [0, 0.1) is 18.7 Å². The molecule has 1 heterocycles. The van der Waals surface area contributed by atoms with E-state index in [4.69, 9.17) is 16.6 Å². The summed E-state index contributed by atoms with van der Waals surface area (Å²) >= 11 is 0. The van der Waals surface area contributed by atoms with Crippen LogP contribution in [0.4, 0.5) is 26.4 Å². The number of carbonyl (C=O) groups is 6. The first-order valence-corrected chi connectivity index (χ1v) is 16.9. The minimum Gasteiger partial charge on any atom is -0.481 e. The normalized spacial score (nSPS) is 13.0. The number of carboxylic acids is 2. The van der Waals surface area contributed by atoms with Gasteiger partial charge in [0.1, 0.15) is 11.9 Å². The van der Waals surface area contributed by atoms with E-state index in [-0.39, 0.29) is 24.3 Å². The van der Waals surface area contributed by atoms with Gasteiger partial charge in [-0.25, -0.2) is 14.0 Å². The van der Waals surface area contributed by atoms with Gasteiger partial charge in [0, 0.05) is 23.6 Å². The Morgan fingerprint density at radius 2 is 1.67 bits per heavy atom. The van der Waals surface area contributed by atoms with Crippen molar-refractivity contribution in [2.75, 3.05) is 16.4 Å². The number of aryl methyl sites for hydroxylation is 1. The van der Waals surface area contributed by atoms with Crippen LogP contribution in [0.3, 0.4) is 0 Å². The monoisotopic (exact) mass is 746 g/mol. The quantitative estimate of drug-likeness (QED) is 0.0859. The van der Waals surface area contributed by atoms with Crippen LogP contribution in [0.1, 0.15) is 56.8 Å². The molecule has 0 fully saturated rings. The van der Waals surface area contributed by atoms with Crippen LogP contribution < -0.4 is 32.7 Å². The average molecular weight is 747 g/mol. The van der Waals surface area contributed by atoms with Crippen molar-refractivity contribution < 1.29 is 43.4 Å². The summed E-state index contributed by atoms with van der Waals surface area (Å²) in [6, 6.07) is 13.0. The molecule has 0 aliphatic heterocycles. The number of benzene rings is 3. The summed E-state index contributed by atoms with van der Waals surface area (Å²) in [5.41, 5.74) is 14.4.